The smallest absolute Gasteiger partial charge is 0.333 e. The van der Waals surface area contributed by atoms with Gasteiger partial charge in [0.1, 0.15) is 0 Å². The third-order valence-electron chi connectivity index (χ3n) is 3.29. The van der Waals surface area contributed by atoms with Crippen molar-refractivity contribution in [2.45, 2.75) is 39.5 Å². The lowest BCUT2D eigenvalue weighted by molar-refractivity contribution is -0.144. The molecule has 0 N–H and O–H groups in total. The molecule has 18 heavy (non-hydrogen) atoms. The molecule has 0 aliphatic heterocycles. The van der Waals surface area contributed by atoms with Crippen LogP contribution in [0.2, 0.25) is 0 Å². The Hall–Kier alpha value is -1.32. The lowest BCUT2D eigenvalue weighted by Crippen LogP contribution is -2.23. The van der Waals surface area contributed by atoms with Gasteiger partial charge >= 0.3 is 11.9 Å². The third-order valence-corrected chi connectivity index (χ3v) is 3.29. The molecule has 1 fully saturated rings. The molecule has 0 bridgehead atoms. The zero-order valence-electron chi connectivity index (χ0n) is 11.2. The van der Waals surface area contributed by atoms with Crippen LogP contribution in [0.3, 0.4) is 0 Å². The number of esters is 2. The van der Waals surface area contributed by atoms with Gasteiger partial charge in [-0.25, -0.2) is 4.79 Å². The molecule has 0 aromatic heterocycles. The second-order valence-electron chi connectivity index (χ2n) is 5.07. The first-order chi connectivity index (χ1) is 8.49. The van der Waals surface area contributed by atoms with E-state index in [-0.39, 0.29) is 11.9 Å². The summed E-state index contributed by atoms with van der Waals surface area (Å²) in [6.45, 7) is 7.63. The van der Waals surface area contributed by atoms with Gasteiger partial charge < -0.3 is 9.47 Å². The number of hydrogen-bond acceptors (Lipinski definition) is 4. The summed E-state index contributed by atoms with van der Waals surface area (Å²) in [4.78, 5) is 22.0. The van der Waals surface area contributed by atoms with Crippen molar-refractivity contribution < 1.29 is 19.1 Å². The molecule has 1 aliphatic carbocycles. The Balaban J connectivity index is 2.17. The molecule has 4 nitrogen and oxygen atoms in total. The van der Waals surface area contributed by atoms with Gasteiger partial charge in [0.05, 0.1) is 13.2 Å². The van der Waals surface area contributed by atoms with E-state index in [1.807, 2.05) is 0 Å². The maximum Gasteiger partial charge on any atom is 0.333 e. The lowest BCUT2D eigenvalue weighted by atomic mass is 9.83. The Morgan fingerprint density at radius 1 is 1.00 bits per heavy atom. The molecule has 0 radical (unpaired) electrons. The van der Waals surface area contributed by atoms with Gasteiger partial charge in [-0.3, -0.25) is 4.79 Å². The van der Waals surface area contributed by atoms with Crippen molar-refractivity contribution >= 4 is 11.9 Å². The van der Waals surface area contributed by atoms with Crippen molar-refractivity contribution in [3.05, 3.63) is 12.2 Å². The van der Waals surface area contributed by atoms with Gasteiger partial charge in [0, 0.05) is 12.5 Å². The average molecular weight is 254 g/mol. The van der Waals surface area contributed by atoms with Crippen LogP contribution in [0.15, 0.2) is 12.2 Å². The minimum Gasteiger partial charge on any atom is -0.466 e. The van der Waals surface area contributed by atoms with E-state index < -0.39 is 0 Å². The Morgan fingerprint density at radius 3 is 1.83 bits per heavy atom. The van der Waals surface area contributed by atoms with Crippen LogP contribution < -0.4 is 0 Å². The van der Waals surface area contributed by atoms with Crippen LogP contribution >= 0.6 is 0 Å². The van der Waals surface area contributed by atoms with Crippen LogP contribution in [0.4, 0.5) is 0 Å². The number of hydrogen-bond donors (Lipinski definition) is 0. The fraction of sp³-hybridized carbons (Fsp3) is 0.714. The summed E-state index contributed by atoms with van der Waals surface area (Å²) in [5.74, 6) is 0.369. The fourth-order valence-corrected chi connectivity index (χ4v) is 2.12. The van der Waals surface area contributed by atoms with Crippen LogP contribution in [0.5, 0.6) is 0 Å². The summed E-state index contributed by atoms with van der Waals surface area (Å²) in [6, 6.07) is 0. The predicted molar refractivity (Wildman–Crippen MR) is 67.9 cm³/mol. The van der Waals surface area contributed by atoms with Crippen molar-refractivity contribution in [2.24, 2.45) is 11.8 Å². The molecule has 0 aromatic carbocycles. The van der Waals surface area contributed by atoms with Crippen molar-refractivity contribution in [1.29, 1.82) is 0 Å². The van der Waals surface area contributed by atoms with E-state index in [4.69, 9.17) is 9.47 Å². The van der Waals surface area contributed by atoms with E-state index in [9.17, 15) is 9.59 Å². The average Bonchev–Trinajstić information content (AvgIpc) is 2.34. The van der Waals surface area contributed by atoms with Gasteiger partial charge in [0.25, 0.3) is 0 Å². The number of ether oxygens (including phenoxy) is 2. The van der Waals surface area contributed by atoms with Gasteiger partial charge in [0.15, 0.2) is 0 Å². The van der Waals surface area contributed by atoms with E-state index in [2.05, 4.69) is 6.58 Å². The molecule has 0 saturated heterocycles. The minimum atomic E-state index is -0.308. The highest BCUT2D eigenvalue weighted by atomic mass is 16.5. The van der Waals surface area contributed by atoms with Crippen molar-refractivity contribution in [2.75, 3.05) is 13.2 Å². The highest BCUT2D eigenvalue weighted by molar-refractivity contribution is 5.86. The summed E-state index contributed by atoms with van der Waals surface area (Å²) in [5, 5.41) is 0. The minimum absolute atomic E-state index is 0.215. The molecule has 4 heteroatoms. The SMILES string of the molecule is C=C(C)C(=O)OCC1CCC(COC(C)=O)CC1. The Morgan fingerprint density at radius 2 is 1.44 bits per heavy atom. The number of carbonyl (C=O) groups is 2. The molecule has 0 unspecified atom stereocenters. The highest BCUT2D eigenvalue weighted by Gasteiger charge is 2.23. The van der Waals surface area contributed by atoms with E-state index in [0.29, 0.717) is 30.6 Å². The Kier molecular flexibility index (Phi) is 5.89. The first-order valence-electron chi connectivity index (χ1n) is 6.45. The monoisotopic (exact) mass is 254 g/mol. The van der Waals surface area contributed by atoms with Gasteiger partial charge in [-0.05, 0) is 44.4 Å². The van der Waals surface area contributed by atoms with Crippen LogP contribution in [-0.4, -0.2) is 25.2 Å². The fourth-order valence-electron chi connectivity index (χ4n) is 2.12. The molecular formula is C14H22O4. The van der Waals surface area contributed by atoms with E-state index >= 15 is 0 Å². The van der Waals surface area contributed by atoms with Crippen LogP contribution in [0.25, 0.3) is 0 Å². The van der Waals surface area contributed by atoms with Gasteiger partial charge in [0.2, 0.25) is 0 Å². The Bertz CT molecular complexity index is 314. The van der Waals surface area contributed by atoms with E-state index in [1.54, 1.807) is 6.92 Å². The van der Waals surface area contributed by atoms with Crippen molar-refractivity contribution in [3.63, 3.8) is 0 Å². The van der Waals surface area contributed by atoms with Gasteiger partial charge in [-0.2, -0.15) is 0 Å². The standard InChI is InChI=1S/C14H22O4/c1-10(2)14(16)18-9-13-6-4-12(5-7-13)8-17-11(3)15/h12-13H,1,4-9H2,2-3H3. The summed E-state index contributed by atoms with van der Waals surface area (Å²) in [5.41, 5.74) is 0.443. The molecule has 0 spiro atoms. The normalized spacial score (nSPS) is 23.2. The lowest BCUT2D eigenvalue weighted by Gasteiger charge is -2.27. The third kappa shape index (κ3) is 5.34. The summed E-state index contributed by atoms with van der Waals surface area (Å²) >= 11 is 0. The maximum atomic E-state index is 11.2. The highest BCUT2D eigenvalue weighted by Crippen LogP contribution is 2.29. The van der Waals surface area contributed by atoms with E-state index in [0.717, 1.165) is 25.7 Å². The van der Waals surface area contributed by atoms with Crippen LogP contribution in [0, 0.1) is 11.8 Å². The molecule has 102 valence electrons. The first-order valence-corrected chi connectivity index (χ1v) is 6.45. The largest absolute Gasteiger partial charge is 0.466 e. The van der Waals surface area contributed by atoms with E-state index in [1.165, 1.54) is 6.92 Å². The molecular weight excluding hydrogens is 232 g/mol. The van der Waals surface area contributed by atoms with Crippen molar-refractivity contribution in [1.82, 2.24) is 0 Å². The van der Waals surface area contributed by atoms with Crippen LogP contribution in [-0.2, 0) is 19.1 Å². The quantitative estimate of drug-likeness (QED) is 0.558. The predicted octanol–water partition coefficient (Wildman–Crippen LogP) is 2.48. The molecule has 1 aliphatic rings. The summed E-state index contributed by atoms with van der Waals surface area (Å²) in [7, 11) is 0. The van der Waals surface area contributed by atoms with Gasteiger partial charge in [-0.15, -0.1) is 0 Å². The molecule has 0 amide bonds. The maximum absolute atomic E-state index is 11.2. The molecule has 1 saturated carbocycles. The first kappa shape index (κ1) is 14.7. The second-order valence-corrected chi connectivity index (χ2v) is 5.07. The summed E-state index contributed by atoms with van der Waals surface area (Å²) < 4.78 is 10.2. The zero-order valence-corrected chi connectivity index (χ0v) is 11.2. The van der Waals surface area contributed by atoms with Gasteiger partial charge in [-0.1, -0.05) is 6.58 Å². The topological polar surface area (TPSA) is 52.6 Å². The molecule has 0 atom stereocenters. The second kappa shape index (κ2) is 7.19. The summed E-state index contributed by atoms with van der Waals surface area (Å²) in [6.07, 6.45) is 4.11. The number of rotatable bonds is 5. The Labute approximate surface area is 108 Å². The van der Waals surface area contributed by atoms with Crippen molar-refractivity contribution in [3.8, 4) is 0 Å². The van der Waals surface area contributed by atoms with Crippen LogP contribution in [0.1, 0.15) is 39.5 Å². The zero-order chi connectivity index (χ0) is 13.5. The number of carbonyl (C=O) groups excluding carboxylic acids is 2. The molecule has 0 aromatic rings. The molecule has 0 heterocycles. The molecule has 1 rings (SSSR count).